The molecule has 0 bridgehead atoms. The summed E-state index contributed by atoms with van der Waals surface area (Å²) >= 11 is 0. The maximum atomic E-state index is 12.3. The highest BCUT2D eigenvalue weighted by atomic mass is 16.2. The highest BCUT2D eigenvalue weighted by molar-refractivity contribution is 6.06. The third kappa shape index (κ3) is 4.14. The van der Waals surface area contributed by atoms with Crippen molar-refractivity contribution in [2.75, 3.05) is 5.32 Å². The van der Waals surface area contributed by atoms with Crippen LogP contribution in [0.4, 0.5) is 5.69 Å². The molecule has 1 aromatic carbocycles. The molecule has 6 heteroatoms. The summed E-state index contributed by atoms with van der Waals surface area (Å²) in [5.41, 5.74) is 1.25. The summed E-state index contributed by atoms with van der Waals surface area (Å²) in [6.07, 6.45) is 1.40. The van der Waals surface area contributed by atoms with E-state index in [9.17, 15) is 9.59 Å². The summed E-state index contributed by atoms with van der Waals surface area (Å²) in [6, 6.07) is 11.6. The first-order valence-electron chi connectivity index (χ1n) is 7.08. The van der Waals surface area contributed by atoms with E-state index in [1.807, 2.05) is 19.9 Å². The lowest BCUT2D eigenvalue weighted by molar-refractivity contribution is 0.0938. The zero-order valence-corrected chi connectivity index (χ0v) is 12.8. The van der Waals surface area contributed by atoms with Crippen LogP contribution in [-0.4, -0.2) is 22.8 Å². The first kappa shape index (κ1) is 16.2. The molecule has 2 N–H and O–H groups in total. The van der Waals surface area contributed by atoms with Crippen LogP contribution in [0.25, 0.3) is 0 Å². The minimum atomic E-state index is -0.409. The predicted molar refractivity (Wildman–Crippen MR) is 85.9 cm³/mol. The Hall–Kier alpha value is -3.20. The molecule has 0 spiro atoms. The number of nitrogens with one attached hydrogen (secondary N) is 2. The molecule has 1 heterocycles. The standard InChI is InChI=1S/C17H16N4O2/c1-11(2)20-17(23)15-9-12(7-8-19-15)16(22)21-14-6-4-3-5-13(14)10-18/h3-9,11H,1-2H3,(H,20,23)(H,21,22). The molecule has 2 amide bonds. The lowest BCUT2D eigenvalue weighted by Crippen LogP contribution is -2.31. The largest absolute Gasteiger partial charge is 0.349 e. The fourth-order valence-electron chi connectivity index (χ4n) is 1.92. The first-order valence-corrected chi connectivity index (χ1v) is 7.08. The number of carbonyl (C=O) groups excluding carboxylic acids is 2. The topological polar surface area (TPSA) is 94.9 Å². The predicted octanol–water partition coefficient (Wildman–Crippen LogP) is 2.34. The number of nitrogens with zero attached hydrogens (tertiary/aromatic N) is 2. The van der Waals surface area contributed by atoms with Gasteiger partial charge in [0.2, 0.25) is 0 Å². The number of rotatable bonds is 4. The second kappa shape index (κ2) is 7.18. The van der Waals surface area contributed by atoms with Gasteiger partial charge >= 0.3 is 0 Å². The molecule has 0 saturated heterocycles. The van der Waals surface area contributed by atoms with Crippen molar-refractivity contribution >= 4 is 17.5 Å². The van der Waals surface area contributed by atoms with Crippen molar-refractivity contribution in [1.82, 2.24) is 10.3 Å². The Morgan fingerprint density at radius 1 is 1.17 bits per heavy atom. The van der Waals surface area contributed by atoms with Crippen LogP contribution in [0.5, 0.6) is 0 Å². The molecule has 0 aliphatic carbocycles. The zero-order chi connectivity index (χ0) is 16.8. The minimum Gasteiger partial charge on any atom is -0.349 e. The van der Waals surface area contributed by atoms with Crippen LogP contribution in [0, 0.1) is 11.3 Å². The van der Waals surface area contributed by atoms with Gasteiger partial charge < -0.3 is 10.6 Å². The molecule has 6 nitrogen and oxygen atoms in total. The van der Waals surface area contributed by atoms with Crippen LogP contribution in [-0.2, 0) is 0 Å². The van der Waals surface area contributed by atoms with Crippen molar-refractivity contribution in [1.29, 1.82) is 5.26 Å². The van der Waals surface area contributed by atoms with E-state index in [0.717, 1.165) is 0 Å². The quantitative estimate of drug-likeness (QED) is 0.906. The fourth-order valence-corrected chi connectivity index (χ4v) is 1.92. The Bertz CT molecular complexity index is 778. The Balaban J connectivity index is 2.20. The Labute approximate surface area is 134 Å². The van der Waals surface area contributed by atoms with E-state index in [1.165, 1.54) is 18.3 Å². The van der Waals surface area contributed by atoms with Gasteiger partial charge in [-0.05, 0) is 38.1 Å². The molecule has 23 heavy (non-hydrogen) atoms. The Morgan fingerprint density at radius 3 is 2.61 bits per heavy atom. The van der Waals surface area contributed by atoms with Gasteiger partial charge in [-0.25, -0.2) is 0 Å². The van der Waals surface area contributed by atoms with Crippen LogP contribution in [0.2, 0.25) is 0 Å². The number of aromatic nitrogens is 1. The van der Waals surface area contributed by atoms with Gasteiger partial charge in [-0.3, -0.25) is 14.6 Å². The average Bonchev–Trinajstić information content (AvgIpc) is 2.55. The molecular weight excluding hydrogens is 292 g/mol. The number of hydrogen-bond acceptors (Lipinski definition) is 4. The summed E-state index contributed by atoms with van der Waals surface area (Å²) in [4.78, 5) is 28.2. The molecule has 0 radical (unpaired) electrons. The third-order valence-corrected chi connectivity index (χ3v) is 2.97. The Kier molecular flexibility index (Phi) is 5.05. The summed E-state index contributed by atoms with van der Waals surface area (Å²) in [7, 11) is 0. The fraction of sp³-hybridized carbons (Fsp3) is 0.176. The summed E-state index contributed by atoms with van der Waals surface area (Å²) < 4.78 is 0. The van der Waals surface area contributed by atoms with E-state index in [-0.39, 0.29) is 17.6 Å². The maximum Gasteiger partial charge on any atom is 0.270 e. The molecule has 116 valence electrons. The molecule has 2 aromatic rings. The highest BCUT2D eigenvalue weighted by Gasteiger charge is 2.13. The molecule has 1 aromatic heterocycles. The van der Waals surface area contributed by atoms with Crippen LogP contribution < -0.4 is 10.6 Å². The van der Waals surface area contributed by atoms with Crippen LogP contribution in [0.1, 0.15) is 40.3 Å². The SMILES string of the molecule is CC(C)NC(=O)c1cc(C(=O)Nc2ccccc2C#N)ccn1. The van der Waals surface area contributed by atoms with Gasteiger partial charge in [0.15, 0.2) is 0 Å². The third-order valence-electron chi connectivity index (χ3n) is 2.97. The van der Waals surface area contributed by atoms with Crippen molar-refractivity contribution in [3.63, 3.8) is 0 Å². The van der Waals surface area contributed by atoms with E-state index in [4.69, 9.17) is 5.26 Å². The second-order valence-electron chi connectivity index (χ2n) is 5.17. The first-order chi connectivity index (χ1) is 11.0. The second-order valence-corrected chi connectivity index (χ2v) is 5.17. The number of para-hydroxylation sites is 1. The van der Waals surface area contributed by atoms with Crippen LogP contribution in [0.15, 0.2) is 42.6 Å². The minimum absolute atomic E-state index is 0.0238. The van der Waals surface area contributed by atoms with Crippen molar-refractivity contribution < 1.29 is 9.59 Å². The molecule has 0 aliphatic heterocycles. The monoisotopic (exact) mass is 308 g/mol. The van der Waals surface area contributed by atoms with Gasteiger partial charge in [0.25, 0.3) is 11.8 Å². The smallest absolute Gasteiger partial charge is 0.270 e. The number of pyridine rings is 1. The van der Waals surface area contributed by atoms with E-state index >= 15 is 0 Å². The van der Waals surface area contributed by atoms with E-state index in [0.29, 0.717) is 16.8 Å². The van der Waals surface area contributed by atoms with Crippen molar-refractivity contribution in [3.8, 4) is 6.07 Å². The molecular formula is C17H16N4O2. The van der Waals surface area contributed by atoms with Crippen LogP contribution >= 0.6 is 0 Å². The average molecular weight is 308 g/mol. The summed E-state index contributed by atoms with van der Waals surface area (Å²) in [6.45, 7) is 3.68. The van der Waals surface area contributed by atoms with Gasteiger partial charge in [0.05, 0.1) is 11.3 Å². The lowest BCUT2D eigenvalue weighted by atomic mass is 10.1. The van der Waals surface area contributed by atoms with Crippen LogP contribution in [0.3, 0.4) is 0 Å². The Morgan fingerprint density at radius 2 is 1.91 bits per heavy atom. The van der Waals surface area contributed by atoms with Gasteiger partial charge in [-0.1, -0.05) is 12.1 Å². The summed E-state index contributed by atoms with van der Waals surface area (Å²) in [5.74, 6) is -0.749. The van der Waals surface area contributed by atoms with Crippen molar-refractivity contribution in [2.45, 2.75) is 19.9 Å². The van der Waals surface area contributed by atoms with Gasteiger partial charge in [-0.2, -0.15) is 5.26 Å². The number of hydrogen-bond donors (Lipinski definition) is 2. The van der Waals surface area contributed by atoms with Crippen molar-refractivity contribution in [3.05, 3.63) is 59.4 Å². The van der Waals surface area contributed by atoms with Crippen molar-refractivity contribution in [2.24, 2.45) is 0 Å². The van der Waals surface area contributed by atoms with Gasteiger partial charge in [0, 0.05) is 17.8 Å². The highest BCUT2D eigenvalue weighted by Crippen LogP contribution is 2.15. The lowest BCUT2D eigenvalue weighted by Gasteiger charge is -2.09. The molecule has 0 unspecified atom stereocenters. The normalized spacial score (nSPS) is 10.0. The van der Waals surface area contributed by atoms with E-state index in [1.54, 1.807) is 24.3 Å². The zero-order valence-electron chi connectivity index (χ0n) is 12.8. The summed E-state index contributed by atoms with van der Waals surface area (Å²) in [5, 5.41) is 14.4. The number of amides is 2. The number of benzene rings is 1. The number of carbonyl (C=O) groups is 2. The number of nitriles is 1. The molecule has 0 fully saturated rings. The van der Waals surface area contributed by atoms with Gasteiger partial charge in [0.1, 0.15) is 11.8 Å². The number of anilines is 1. The van der Waals surface area contributed by atoms with E-state index < -0.39 is 5.91 Å². The molecule has 2 rings (SSSR count). The van der Waals surface area contributed by atoms with E-state index in [2.05, 4.69) is 15.6 Å². The van der Waals surface area contributed by atoms with Gasteiger partial charge in [-0.15, -0.1) is 0 Å². The molecule has 0 saturated carbocycles. The molecule has 0 aliphatic rings. The molecule has 0 atom stereocenters. The maximum absolute atomic E-state index is 12.3.